The summed E-state index contributed by atoms with van der Waals surface area (Å²) in [4.78, 5) is 2.78. The van der Waals surface area contributed by atoms with Crippen molar-refractivity contribution in [2.75, 3.05) is 0 Å². The van der Waals surface area contributed by atoms with Gasteiger partial charge in [0.15, 0.2) is 0 Å². The van der Waals surface area contributed by atoms with Gasteiger partial charge >= 0.3 is 0 Å². The van der Waals surface area contributed by atoms with E-state index in [4.69, 9.17) is 7.57 Å². The minimum atomic E-state index is -2.13. The standard InChI is InChI=1S/C22H13BPS2/c23-24(14-8-2-1-3-9-14)19-15-10-4-6-12-17(15)25-21(19)22-20(24)16-11-5-7-13-18(16)26-22/h1-13H. The molecule has 0 unspecified atom stereocenters. The van der Waals surface area contributed by atoms with Crippen LogP contribution in [0.3, 0.4) is 0 Å². The molecule has 0 atom stereocenters. The largest absolute Gasteiger partial charge is 0.284 e. The van der Waals surface area contributed by atoms with Crippen LogP contribution in [0.1, 0.15) is 0 Å². The van der Waals surface area contributed by atoms with E-state index in [2.05, 4.69) is 78.9 Å². The van der Waals surface area contributed by atoms with E-state index in [1.807, 2.05) is 22.7 Å². The molecule has 1 aliphatic heterocycles. The van der Waals surface area contributed by atoms with E-state index in [0.717, 1.165) is 0 Å². The van der Waals surface area contributed by atoms with Gasteiger partial charge in [-0.1, -0.05) is 42.5 Å². The summed E-state index contributed by atoms with van der Waals surface area (Å²) in [7, 11) is 5.32. The molecule has 3 radical (unpaired) electrons. The summed E-state index contributed by atoms with van der Waals surface area (Å²) in [6.07, 6.45) is 0. The lowest BCUT2D eigenvalue weighted by atomic mass is 10.2. The lowest BCUT2D eigenvalue weighted by Crippen LogP contribution is -2.27. The van der Waals surface area contributed by atoms with Crippen LogP contribution in [-0.4, -0.2) is 7.57 Å². The van der Waals surface area contributed by atoms with Gasteiger partial charge in [-0.05, 0) is 36.4 Å². The number of hydrogen-bond acceptors (Lipinski definition) is 2. The number of rotatable bonds is 1. The first kappa shape index (κ1) is 15.2. The molecule has 0 spiro atoms. The molecule has 2 aromatic heterocycles. The maximum absolute atomic E-state index is 7.45. The van der Waals surface area contributed by atoms with Crippen molar-refractivity contribution in [3.8, 4) is 9.75 Å². The average molecular weight is 383 g/mol. The Balaban J connectivity index is 1.84. The van der Waals surface area contributed by atoms with E-state index >= 15 is 0 Å². The molecule has 0 N–H and O–H groups in total. The van der Waals surface area contributed by atoms with Crippen LogP contribution in [-0.2, 0) is 0 Å². The summed E-state index contributed by atoms with van der Waals surface area (Å²) >= 11 is 3.80. The topological polar surface area (TPSA) is 0 Å². The van der Waals surface area contributed by atoms with Crippen molar-refractivity contribution in [1.29, 1.82) is 0 Å². The van der Waals surface area contributed by atoms with Gasteiger partial charge in [-0.25, -0.2) is 0 Å². The fourth-order valence-electron chi connectivity index (χ4n) is 4.11. The molecule has 0 aliphatic carbocycles. The van der Waals surface area contributed by atoms with Crippen molar-refractivity contribution in [2.24, 2.45) is 0 Å². The molecular weight excluding hydrogens is 370 g/mol. The molecule has 121 valence electrons. The Bertz CT molecular complexity index is 1220. The van der Waals surface area contributed by atoms with Crippen molar-refractivity contribution in [1.82, 2.24) is 0 Å². The van der Waals surface area contributed by atoms with Gasteiger partial charge < -0.3 is 0 Å². The molecule has 0 saturated heterocycles. The van der Waals surface area contributed by atoms with Crippen molar-refractivity contribution in [3.63, 3.8) is 0 Å². The Morgan fingerprint density at radius 3 is 1.58 bits per heavy atom. The monoisotopic (exact) mass is 383 g/mol. The van der Waals surface area contributed by atoms with Crippen molar-refractivity contribution in [2.45, 2.75) is 0 Å². The van der Waals surface area contributed by atoms with Crippen LogP contribution in [0.5, 0.6) is 0 Å². The minimum Gasteiger partial charge on any atom is -0.284 e. The highest BCUT2D eigenvalue weighted by molar-refractivity contribution is 8.15. The smallest absolute Gasteiger partial charge is 0.0877 e. The third kappa shape index (κ3) is 1.79. The molecule has 3 aromatic carbocycles. The molecule has 0 nitrogen and oxygen atoms in total. The van der Waals surface area contributed by atoms with Gasteiger partial charge in [0, 0.05) is 20.2 Å². The fraction of sp³-hybridized carbons (Fsp3) is 0. The molecule has 4 heteroatoms. The Morgan fingerprint density at radius 2 is 1.04 bits per heavy atom. The second kappa shape index (κ2) is 5.30. The maximum atomic E-state index is 7.45. The van der Waals surface area contributed by atoms with Gasteiger partial charge in [0.1, 0.15) is 0 Å². The first-order valence-corrected chi connectivity index (χ1v) is 12.1. The predicted molar refractivity (Wildman–Crippen MR) is 121 cm³/mol. The lowest BCUT2D eigenvalue weighted by molar-refractivity contribution is 1.77. The minimum absolute atomic E-state index is 1.27. The summed E-state index contributed by atoms with van der Waals surface area (Å²) in [5.41, 5.74) is 0. The van der Waals surface area contributed by atoms with Gasteiger partial charge in [0.2, 0.25) is 0 Å². The van der Waals surface area contributed by atoms with Crippen LogP contribution < -0.4 is 15.9 Å². The van der Waals surface area contributed by atoms with Crippen molar-refractivity contribution >= 4 is 73.5 Å². The van der Waals surface area contributed by atoms with Crippen molar-refractivity contribution in [3.05, 3.63) is 78.9 Å². The zero-order valence-corrected chi connectivity index (χ0v) is 16.4. The Morgan fingerprint density at radius 1 is 0.577 bits per heavy atom. The third-order valence-electron chi connectivity index (χ3n) is 5.21. The highest BCUT2D eigenvalue weighted by atomic mass is 32.1. The second-order valence-electron chi connectivity index (χ2n) is 6.61. The number of hydrogen-bond donors (Lipinski definition) is 0. The quantitative estimate of drug-likeness (QED) is 0.266. The van der Waals surface area contributed by atoms with Crippen LogP contribution in [0, 0.1) is 0 Å². The second-order valence-corrected chi connectivity index (χ2v) is 11.6. The molecule has 3 heterocycles. The normalized spacial score (nSPS) is 14.7. The molecule has 0 bridgehead atoms. The van der Waals surface area contributed by atoms with Gasteiger partial charge in [0.05, 0.1) is 25.7 Å². The molecule has 26 heavy (non-hydrogen) atoms. The first-order valence-electron chi connectivity index (χ1n) is 8.56. The Kier molecular flexibility index (Phi) is 3.09. The van der Waals surface area contributed by atoms with E-state index in [-0.39, 0.29) is 0 Å². The third-order valence-corrected chi connectivity index (χ3v) is 11.5. The van der Waals surface area contributed by atoms with E-state index in [9.17, 15) is 0 Å². The van der Waals surface area contributed by atoms with E-state index < -0.39 is 7.14 Å². The van der Waals surface area contributed by atoms with Crippen molar-refractivity contribution < 1.29 is 0 Å². The maximum Gasteiger partial charge on any atom is 0.0877 e. The van der Waals surface area contributed by atoms with Crippen LogP contribution in [0.15, 0.2) is 78.9 Å². The van der Waals surface area contributed by atoms with Gasteiger partial charge in [-0.3, -0.25) is 7.57 Å². The zero-order chi connectivity index (χ0) is 17.3. The molecule has 1 aliphatic rings. The Hall–Kier alpha value is -1.93. The van der Waals surface area contributed by atoms with Crippen LogP contribution in [0.2, 0.25) is 0 Å². The summed E-state index contributed by atoms with van der Waals surface area (Å²) in [6, 6.07) is 28.2. The van der Waals surface area contributed by atoms with Gasteiger partial charge in [-0.15, -0.1) is 29.8 Å². The van der Waals surface area contributed by atoms with Crippen LogP contribution >= 0.6 is 29.8 Å². The molecule has 0 saturated carbocycles. The van der Waals surface area contributed by atoms with E-state index in [0.29, 0.717) is 0 Å². The summed E-state index contributed by atoms with van der Waals surface area (Å²) in [6.45, 7) is 0. The summed E-state index contributed by atoms with van der Waals surface area (Å²) < 4.78 is 2.68. The lowest BCUT2D eigenvalue weighted by Gasteiger charge is -2.33. The highest BCUT2D eigenvalue weighted by Crippen LogP contribution is 2.64. The molecule has 5 aromatic rings. The van der Waals surface area contributed by atoms with E-state index in [1.54, 1.807) is 0 Å². The molecule has 0 fully saturated rings. The predicted octanol–water partition coefficient (Wildman–Crippen LogP) is 5.47. The average Bonchev–Trinajstić information content (AvgIpc) is 3.32. The van der Waals surface area contributed by atoms with Gasteiger partial charge in [-0.2, -0.15) is 0 Å². The molecular formula is C22H13BPS2. The Labute approximate surface area is 161 Å². The number of benzene rings is 3. The highest BCUT2D eigenvalue weighted by Gasteiger charge is 2.44. The number of fused-ring (bicyclic) bond motifs is 7. The molecule has 6 rings (SSSR count). The number of thiophene rings is 2. The SMILES string of the molecule is [B-][P+]1(c2ccccc2)c2c(sc3ccccc23)-c2sc3ccccc3c21. The van der Waals surface area contributed by atoms with Crippen LogP contribution in [0.4, 0.5) is 0 Å². The van der Waals surface area contributed by atoms with E-state index in [1.165, 1.54) is 45.8 Å². The zero-order valence-electron chi connectivity index (χ0n) is 13.8. The summed E-state index contributed by atoms with van der Waals surface area (Å²) in [5.74, 6) is 0. The molecule has 0 amide bonds. The first-order chi connectivity index (χ1) is 12.8. The van der Waals surface area contributed by atoms with Crippen LogP contribution in [0.25, 0.3) is 29.9 Å². The summed E-state index contributed by atoms with van der Waals surface area (Å²) in [5, 5.41) is 6.71. The fourth-order valence-corrected chi connectivity index (χ4v) is 11.3. The van der Waals surface area contributed by atoms with Gasteiger partial charge in [0.25, 0.3) is 0 Å².